The quantitative estimate of drug-likeness (QED) is 0.839. The SMILES string of the molecule is Cc1oc(C(=O)NCCC2CCCCC2)cc1S(=O)(=O)Cl. The van der Waals surface area contributed by atoms with Gasteiger partial charge in [-0.3, -0.25) is 4.79 Å². The number of carbonyl (C=O) groups excluding carboxylic acids is 1. The summed E-state index contributed by atoms with van der Waals surface area (Å²) in [6, 6.07) is 1.17. The van der Waals surface area contributed by atoms with E-state index >= 15 is 0 Å². The van der Waals surface area contributed by atoms with Crippen LogP contribution in [0, 0.1) is 12.8 Å². The molecule has 0 unspecified atom stereocenters. The van der Waals surface area contributed by atoms with Crippen LogP contribution in [0.15, 0.2) is 15.4 Å². The second kappa shape index (κ2) is 6.83. The molecule has 0 radical (unpaired) electrons. The summed E-state index contributed by atoms with van der Waals surface area (Å²) in [6.45, 7) is 2.04. The van der Waals surface area contributed by atoms with Crippen molar-refractivity contribution in [3.05, 3.63) is 17.6 Å². The fraction of sp³-hybridized carbons (Fsp3) is 0.643. The van der Waals surface area contributed by atoms with Crippen LogP contribution < -0.4 is 5.32 Å². The molecule has 1 fully saturated rings. The van der Waals surface area contributed by atoms with E-state index in [-0.39, 0.29) is 16.4 Å². The average molecular weight is 334 g/mol. The molecule has 0 spiro atoms. The van der Waals surface area contributed by atoms with Crippen molar-refractivity contribution in [2.75, 3.05) is 6.54 Å². The predicted octanol–water partition coefficient (Wildman–Crippen LogP) is 3.22. The molecule has 1 heterocycles. The molecule has 1 aliphatic rings. The number of furan rings is 1. The summed E-state index contributed by atoms with van der Waals surface area (Å²) in [5.41, 5.74) is 0. The first kappa shape index (κ1) is 16.4. The van der Waals surface area contributed by atoms with E-state index in [9.17, 15) is 13.2 Å². The van der Waals surface area contributed by atoms with Gasteiger partial charge < -0.3 is 9.73 Å². The molecule has 1 aromatic rings. The summed E-state index contributed by atoms with van der Waals surface area (Å²) in [5, 5.41) is 2.77. The number of amides is 1. The van der Waals surface area contributed by atoms with Crippen molar-refractivity contribution in [2.24, 2.45) is 5.92 Å². The molecule has 1 N–H and O–H groups in total. The first-order valence-electron chi connectivity index (χ1n) is 7.21. The molecule has 0 atom stereocenters. The van der Waals surface area contributed by atoms with Crippen LogP contribution in [0.3, 0.4) is 0 Å². The van der Waals surface area contributed by atoms with Gasteiger partial charge in [-0.15, -0.1) is 0 Å². The van der Waals surface area contributed by atoms with Crippen molar-refractivity contribution in [1.82, 2.24) is 5.32 Å². The molecule has 7 heteroatoms. The Bertz CT molecular complexity index is 602. The largest absolute Gasteiger partial charge is 0.455 e. The molecule has 21 heavy (non-hydrogen) atoms. The molecule has 0 aliphatic heterocycles. The highest BCUT2D eigenvalue weighted by Crippen LogP contribution is 2.26. The monoisotopic (exact) mass is 333 g/mol. The Morgan fingerprint density at radius 2 is 2.05 bits per heavy atom. The minimum atomic E-state index is -3.89. The highest BCUT2D eigenvalue weighted by atomic mass is 35.7. The minimum absolute atomic E-state index is 0.0182. The molecule has 0 bridgehead atoms. The molecule has 118 valence electrons. The highest BCUT2D eigenvalue weighted by Gasteiger charge is 2.22. The van der Waals surface area contributed by atoms with E-state index in [1.165, 1.54) is 45.1 Å². The Balaban J connectivity index is 1.88. The van der Waals surface area contributed by atoms with Crippen molar-refractivity contribution in [1.29, 1.82) is 0 Å². The first-order valence-corrected chi connectivity index (χ1v) is 9.52. The van der Waals surface area contributed by atoms with E-state index < -0.39 is 15.0 Å². The van der Waals surface area contributed by atoms with Crippen molar-refractivity contribution in [2.45, 2.75) is 50.3 Å². The number of hydrogen-bond donors (Lipinski definition) is 1. The van der Waals surface area contributed by atoms with E-state index in [0.29, 0.717) is 12.5 Å². The van der Waals surface area contributed by atoms with Crippen LogP contribution in [0.25, 0.3) is 0 Å². The molecule has 0 aromatic carbocycles. The van der Waals surface area contributed by atoms with Crippen molar-refractivity contribution >= 4 is 25.6 Å². The van der Waals surface area contributed by atoms with Crippen LogP contribution in [0.4, 0.5) is 0 Å². The van der Waals surface area contributed by atoms with E-state index in [0.717, 1.165) is 6.42 Å². The summed E-state index contributed by atoms with van der Waals surface area (Å²) >= 11 is 0. The van der Waals surface area contributed by atoms with Gasteiger partial charge in [0.1, 0.15) is 10.7 Å². The van der Waals surface area contributed by atoms with E-state index in [2.05, 4.69) is 5.32 Å². The molecule has 0 saturated heterocycles. The number of rotatable bonds is 5. The number of hydrogen-bond acceptors (Lipinski definition) is 4. The van der Waals surface area contributed by atoms with Crippen LogP contribution in [0.5, 0.6) is 0 Å². The summed E-state index contributed by atoms with van der Waals surface area (Å²) in [4.78, 5) is 11.8. The summed E-state index contributed by atoms with van der Waals surface area (Å²) in [7, 11) is 1.38. The third-order valence-corrected chi connectivity index (χ3v) is 5.35. The second-order valence-corrected chi connectivity index (χ2v) is 8.05. The number of halogens is 1. The Labute approximate surface area is 129 Å². The normalized spacial score (nSPS) is 16.9. The summed E-state index contributed by atoms with van der Waals surface area (Å²) in [6.07, 6.45) is 7.25. The molecule has 2 rings (SSSR count). The van der Waals surface area contributed by atoms with Crippen LogP contribution in [-0.2, 0) is 9.05 Å². The lowest BCUT2D eigenvalue weighted by Gasteiger charge is -2.21. The van der Waals surface area contributed by atoms with Gasteiger partial charge in [-0.1, -0.05) is 32.1 Å². The minimum Gasteiger partial charge on any atom is -0.455 e. The maximum absolute atomic E-state index is 11.9. The molecule has 1 saturated carbocycles. The number of nitrogens with one attached hydrogen (secondary N) is 1. The lowest BCUT2D eigenvalue weighted by Crippen LogP contribution is -2.26. The third kappa shape index (κ3) is 4.48. The number of carbonyl (C=O) groups is 1. The van der Waals surface area contributed by atoms with Crippen molar-refractivity contribution in [3.63, 3.8) is 0 Å². The fourth-order valence-electron chi connectivity index (χ4n) is 2.77. The third-order valence-electron chi connectivity index (χ3n) is 3.92. The van der Waals surface area contributed by atoms with E-state index in [4.69, 9.17) is 15.1 Å². The average Bonchev–Trinajstić information content (AvgIpc) is 2.82. The summed E-state index contributed by atoms with van der Waals surface area (Å²) in [5.74, 6) is 0.384. The van der Waals surface area contributed by atoms with Crippen LogP contribution in [0.2, 0.25) is 0 Å². The Kier molecular flexibility index (Phi) is 5.32. The van der Waals surface area contributed by atoms with Gasteiger partial charge in [0.2, 0.25) is 0 Å². The van der Waals surface area contributed by atoms with Crippen LogP contribution in [-0.4, -0.2) is 20.9 Å². The van der Waals surface area contributed by atoms with Gasteiger partial charge in [-0.2, -0.15) is 0 Å². The smallest absolute Gasteiger partial charge is 0.287 e. The topological polar surface area (TPSA) is 76.4 Å². The van der Waals surface area contributed by atoms with Gasteiger partial charge in [-0.25, -0.2) is 8.42 Å². The standard InChI is InChI=1S/C14H20ClNO4S/c1-10-13(21(15,18)19)9-12(20-10)14(17)16-8-7-11-5-3-2-4-6-11/h9,11H,2-8H2,1H3,(H,16,17). The number of aryl methyl sites for hydroxylation is 1. The van der Waals surface area contributed by atoms with Gasteiger partial charge in [0.05, 0.1) is 0 Å². The second-order valence-electron chi connectivity index (χ2n) is 5.52. The Morgan fingerprint density at radius 1 is 1.38 bits per heavy atom. The lowest BCUT2D eigenvalue weighted by molar-refractivity contribution is 0.0921. The zero-order valence-corrected chi connectivity index (χ0v) is 13.6. The Morgan fingerprint density at radius 3 is 2.62 bits per heavy atom. The zero-order chi connectivity index (χ0) is 15.5. The van der Waals surface area contributed by atoms with Crippen LogP contribution >= 0.6 is 10.7 Å². The van der Waals surface area contributed by atoms with E-state index in [1.807, 2.05) is 0 Å². The zero-order valence-electron chi connectivity index (χ0n) is 12.0. The van der Waals surface area contributed by atoms with Gasteiger partial charge in [0.15, 0.2) is 5.76 Å². The first-order chi connectivity index (χ1) is 9.88. The maximum atomic E-state index is 11.9. The van der Waals surface area contributed by atoms with Crippen LogP contribution in [0.1, 0.15) is 54.8 Å². The van der Waals surface area contributed by atoms with Gasteiger partial charge in [0, 0.05) is 23.3 Å². The molecular formula is C14H20ClNO4S. The Hall–Kier alpha value is -1.01. The molecule has 1 aliphatic carbocycles. The predicted molar refractivity (Wildman–Crippen MR) is 80.0 cm³/mol. The molecule has 1 aromatic heterocycles. The molecular weight excluding hydrogens is 314 g/mol. The summed E-state index contributed by atoms with van der Waals surface area (Å²) < 4.78 is 27.7. The highest BCUT2D eigenvalue weighted by molar-refractivity contribution is 8.13. The fourth-order valence-corrected chi connectivity index (χ4v) is 3.86. The maximum Gasteiger partial charge on any atom is 0.287 e. The van der Waals surface area contributed by atoms with Crippen molar-refractivity contribution in [3.8, 4) is 0 Å². The molecule has 5 nitrogen and oxygen atoms in total. The van der Waals surface area contributed by atoms with Gasteiger partial charge >= 0.3 is 0 Å². The molecule has 1 amide bonds. The van der Waals surface area contributed by atoms with Crippen molar-refractivity contribution < 1.29 is 17.6 Å². The van der Waals surface area contributed by atoms with Gasteiger partial charge in [-0.05, 0) is 19.3 Å². The lowest BCUT2D eigenvalue weighted by atomic mass is 9.87. The van der Waals surface area contributed by atoms with Gasteiger partial charge in [0.25, 0.3) is 15.0 Å². The van der Waals surface area contributed by atoms with E-state index in [1.54, 1.807) is 0 Å².